The van der Waals surface area contributed by atoms with Crippen molar-refractivity contribution in [1.82, 2.24) is 9.47 Å². The van der Waals surface area contributed by atoms with E-state index in [4.69, 9.17) is 5.73 Å². The first-order valence-electron chi connectivity index (χ1n) is 7.93. The van der Waals surface area contributed by atoms with E-state index >= 15 is 0 Å². The van der Waals surface area contributed by atoms with Crippen molar-refractivity contribution in [2.24, 2.45) is 5.73 Å². The summed E-state index contributed by atoms with van der Waals surface area (Å²) in [4.78, 5) is 14.9. The predicted molar refractivity (Wildman–Crippen MR) is 97.4 cm³/mol. The standard InChI is InChI=1S/C18H24BrN3O/c1-14(2)22-13-16(19)11-17(22)18(23)21(10-6-9-20)12-15-7-4-3-5-8-15/h3-5,7-8,11,13-14H,6,9-10,12,20H2,1-2H3. The van der Waals surface area contributed by atoms with Crippen molar-refractivity contribution >= 4 is 21.8 Å². The summed E-state index contributed by atoms with van der Waals surface area (Å²) in [6.45, 7) is 5.98. The van der Waals surface area contributed by atoms with Crippen LogP contribution in [0.3, 0.4) is 0 Å². The fourth-order valence-corrected chi connectivity index (χ4v) is 2.98. The number of aromatic nitrogens is 1. The summed E-state index contributed by atoms with van der Waals surface area (Å²) in [5.74, 6) is 0.0432. The first kappa shape index (κ1) is 17.8. The Labute approximate surface area is 146 Å². The highest BCUT2D eigenvalue weighted by Gasteiger charge is 2.21. The van der Waals surface area contributed by atoms with Crippen LogP contribution in [-0.4, -0.2) is 28.5 Å². The largest absolute Gasteiger partial charge is 0.340 e. The van der Waals surface area contributed by atoms with Gasteiger partial charge in [0.1, 0.15) is 5.69 Å². The van der Waals surface area contributed by atoms with E-state index in [1.165, 1.54) is 0 Å². The van der Waals surface area contributed by atoms with Crippen LogP contribution in [0.4, 0.5) is 0 Å². The molecule has 0 spiro atoms. The van der Waals surface area contributed by atoms with Gasteiger partial charge in [0.15, 0.2) is 0 Å². The molecule has 0 aliphatic carbocycles. The lowest BCUT2D eigenvalue weighted by Gasteiger charge is -2.24. The van der Waals surface area contributed by atoms with E-state index in [0.29, 0.717) is 25.3 Å². The summed E-state index contributed by atoms with van der Waals surface area (Å²) in [6, 6.07) is 12.2. The Kier molecular flexibility index (Phi) is 6.42. The summed E-state index contributed by atoms with van der Waals surface area (Å²) in [5.41, 5.74) is 7.47. The lowest BCUT2D eigenvalue weighted by Crippen LogP contribution is -2.34. The molecular formula is C18H24BrN3O. The first-order chi connectivity index (χ1) is 11.0. The zero-order valence-electron chi connectivity index (χ0n) is 13.7. The number of hydrogen-bond acceptors (Lipinski definition) is 2. The SMILES string of the molecule is CC(C)n1cc(Br)cc1C(=O)N(CCCN)Cc1ccccc1. The Morgan fingerprint density at radius 1 is 1.30 bits per heavy atom. The third kappa shape index (κ3) is 4.69. The molecule has 23 heavy (non-hydrogen) atoms. The fourth-order valence-electron chi connectivity index (χ4n) is 2.54. The number of halogens is 1. The second-order valence-electron chi connectivity index (χ2n) is 5.90. The number of amides is 1. The maximum Gasteiger partial charge on any atom is 0.270 e. The molecule has 0 unspecified atom stereocenters. The highest BCUT2D eigenvalue weighted by Crippen LogP contribution is 2.21. The Morgan fingerprint density at radius 3 is 2.61 bits per heavy atom. The van der Waals surface area contributed by atoms with Crippen molar-refractivity contribution in [3.8, 4) is 0 Å². The summed E-state index contributed by atoms with van der Waals surface area (Å²) in [7, 11) is 0. The molecule has 0 fully saturated rings. The number of benzene rings is 1. The zero-order valence-corrected chi connectivity index (χ0v) is 15.3. The van der Waals surface area contributed by atoms with E-state index in [2.05, 4.69) is 29.8 Å². The van der Waals surface area contributed by atoms with E-state index in [1.54, 1.807) is 0 Å². The summed E-state index contributed by atoms with van der Waals surface area (Å²) in [6.07, 6.45) is 2.75. The minimum absolute atomic E-state index is 0.0432. The molecule has 1 aromatic heterocycles. The van der Waals surface area contributed by atoms with Gasteiger partial charge in [0, 0.05) is 29.8 Å². The van der Waals surface area contributed by atoms with E-state index in [1.807, 2.05) is 52.1 Å². The zero-order chi connectivity index (χ0) is 16.8. The Hall–Kier alpha value is -1.59. The minimum atomic E-state index is 0.0432. The van der Waals surface area contributed by atoms with Gasteiger partial charge < -0.3 is 15.2 Å². The summed E-state index contributed by atoms with van der Waals surface area (Å²) in [5, 5.41) is 0. The summed E-state index contributed by atoms with van der Waals surface area (Å²) >= 11 is 3.48. The van der Waals surface area contributed by atoms with Crippen LogP contribution in [0.25, 0.3) is 0 Å². The number of carbonyl (C=O) groups excluding carboxylic acids is 1. The molecular weight excluding hydrogens is 354 g/mol. The van der Waals surface area contributed by atoms with Crippen molar-refractivity contribution in [2.45, 2.75) is 32.9 Å². The lowest BCUT2D eigenvalue weighted by molar-refractivity contribution is 0.0729. The third-order valence-electron chi connectivity index (χ3n) is 3.73. The molecule has 2 rings (SSSR count). The summed E-state index contributed by atoms with van der Waals surface area (Å²) < 4.78 is 2.93. The quantitative estimate of drug-likeness (QED) is 0.796. The van der Waals surface area contributed by atoms with Gasteiger partial charge in [-0.1, -0.05) is 30.3 Å². The topological polar surface area (TPSA) is 51.3 Å². The number of nitrogens with two attached hydrogens (primary N) is 1. The van der Waals surface area contributed by atoms with Crippen molar-refractivity contribution in [1.29, 1.82) is 0 Å². The van der Waals surface area contributed by atoms with Crippen LogP contribution in [0.1, 0.15) is 42.4 Å². The third-order valence-corrected chi connectivity index (χ3v) is 4.16. The van der Waals surface area contributed by atoms with Gasteiger partial charge in [0.05, 0.1) is 0 Å². The number of hydrogen-bond donors (Lipinski definition) is 1. The van der Waals surface area contributed by atoms with Crippen LogP contribution in [-0.2, 0) is 6.54 Å². The van der Waals surface area contributed by atoms with Crippen LogP contribution in [0.15, 0.2) is 47.1 Å². The Balaban J connectivity index is 2.26. The average molecular weight is 378 g/mol. The van der Waals surface area contributed by atoms with Crippen molar-refractivity contribution in [3.63, 3.8) is 0 Å². The molecule has 0 radical (unpaired) electrons. The van der Waals surface area contributed by atoms with Gasteiger partial charge >= 0.3 is 0 Å². The van der Waals surface area contributed by atoms with Crippen molar-refractivity contribution < 1.29 is 4.79 Å². The molecule has 0 aliphatic heterocycles. The van der Waals surface area contributed by atoms with Gasteiger partial charge in [-0.25, -0.2) is 0 Å². The Bertz CT molecular complexity index is 637. The number of carbonyl (C=O) groups is 1. The average Bonchev–Trinajstić information content (AvgIpc) is 2.94. The smallest absolute Gasteiger partial charge is 0.270 e. The molecule has 0 aliphatic rings. The minimum Gasteiger partial charge on any atom is -0.340 e. The van der Waals surface area contributed by atoms with E-state index in [0.717, 1.165) is 16.5 Å². The second kappa shape index (κ2) is 8.31. The van der Waals surface area contributed by atoms with Gasteiger partial charge in [0.2, 0.25) is 0 Å². The monoisotopic (exact) mass is 377 g/mol. The maximum atomic E-state index is 13.0. The first-order valence-corrected chi connectivity index (χ1v) is 8.73. The molecule has 2 aromatic rings. The van der Waals surface area contributed by atoms with Gasteiger partial charge in [-0.3, -0.25) is 4.79 Å². The van der Waals surface area contributed by atoms with E-state index in [9.17, 15) is 4.79 Å². The van der Waals surface area contributed by atoms with Crippen molar-refractivity contribution in [2.75, 3.05) is 13.1 Å². The molecule has 0 saturated carbocycles. The predicted octanol–water partition coefficient (Wildman–Crippen LogP) is 3.82. The second-order valence-corrected chi connectivity index (χ2v) is 6.81. The molecule has 5 heteroatoms. The molecule has 2 N–H and O–H groups in total. The van der Waals surface area contributed by atoms with Gasteiger partial charge in [-0.15, -0.1) is 0 Å². The molecule has 1 amide bonds. The number of rotatable bonds is 7. The van der Waals surface area contributed by atoms with Gasteiger partial charge in [-0.05, 0) is 54.4 Å². The van der Waals surface area contributed by atoms with E-state index < -0.39 is 0 Å². The fraction of sp³-hybridized carbons (Fsp3) is 0.389. The maximum absolute atomic E-state index is 13.0. The van der Waals surface area contributed by atoms with Gasteiger partial charge in [-0.2, -0.15) is 0 Å². The highest BCUT2D eigenvalue weighted by atomic mass is 79.9. The van der Waals surface area contributed by atoms with Gasteiger partial charge in [0.25, 0.3) is 5.91 Å². The van der Waals surface area contributed by atoms with Crippen LogP contribution in [0.2, 0.25) is 0 Å². The Morgan fingerprint density at radius 2 is 2.00 bits per heavy atom. The molecule has 0 saturated heterocycles. The van der Waals surface area contributed by atoms with Crippen LogP contribution >= 0.6 is 15.9 Å². The highest BCUT2D eigenvalue weighted by molar-refractivity contribution is 9.10. The number of nitrogens with zero attached hydrogens (tertiary/aromatic N) is 2. The van der Waals surface area contributed by atoms with E-state index in [-0.39, 0.29) is 11.9 Å². The lowest BCUT2D eigenvalue weighted by atomic mass is 10.2. The molecule has 0 atom stereocenters. The van der Waals surface area contributed by atoms with Crippen molar-refractivity contribution in [3.05, 3.63) is 58.3 Å². The molecule has 1 heterocycles. The van der Waals surface area contributed by atoms with Crippen LogP contribution in [0, 0.1) is 0 Å². The normalized spacial score (nSPS) is 11.0. The molecule has 1 aromatic carbocycles. The molecule has 0 bridgehead atoms. The molecule has 124 valence electrons. The van der Waals surface area contributed by atoms with Crippen LogP contribution < -0.4 is 5.73 Å². The molecule has 4 nitrogen and oxygen atoms in total. The van der Waals surface area contributed by atoms with Crippen LogP contribution in [0.5, 0.6) is 0 Å².